The van der Waals surface area contributed by atoms with Crippen LogP contribution in [0.15, 0.2) is 205 Å². The molecule has 4 aromatic heterocycles. The molecule has 6 nitrogen and oxygen atoms in total. The van der Waals surface area contributed by atoms with Gasteiger partial charge in [0.1, 0.15) is 5.58 Å². The Morgan fingerprint density at radius 1 is 0.361 bits per heavy atom. The smallest absolute Gasteiger partial charge is 0.238 e. The molecule has 61 heavy (non-hydrogen) atoms. The second-order valence-electron chi connectivity index (χ2n) is 15.6. The third kappa shape index (κ3) is 5.06. The summed E-state index contributed by atoms with van der Waals surface area (Å²) in [5.74, 6) is 1.76. The maximum absolute atomic E-state index is 6.94. The molecule has 0 saturated heterocycles. The summed E-state index contributed by atoms with van der Waals surface area (Å²) in [6, 6.07) is 70.3. The van der Waals surface area contributed by atoms with Crippen LogP contribution in [-0.2, 0) is 0 Å². The summed E-state index contributed by atoms with van der Waals surface area (Å²) < 4.78 is 11.6. The molecule has 0 radical (unpaired) electrons. The predicted molar refractivity (Wildman–Crippen MR) is 250 cm³/mol. The molecule has 0 amide bonds. The molecular weight excluding hydrogens is 747 g/mol. The van der Waals surface area contributed by atoms with E-state index in [4.69, 9.17) is 19.4 Å². The van der Waals surface area contributed by atoms with E-state index in [0.717, 1.165) is 87.9 Å². The van der Waals surface area contributed by atoms with Gasteiger partial charge in [-0.15, -0.1) is 0 Å². The molecule has 0 unspecified atom stereocenters. The van der Waals surface area contributed by atoms with Gasteiger partial charge in [-0.2, -0.15) is 9.97 Å². The van der Waals surface area contributed by atoms with E-state index in [0.29, 0.717) is 17.6 Å². The van der Waals surface area contributed by atoms with Crippen molar-refractivity contribution >= 4 is 76.3 Å². The molecule has 0 atom stereocenters. The van der Waals surface area contributed by atoms with Crippen molar-refractivity contribution in [3.63, 3.8) is 0 Å². The maximum Gasteiger partial charge on any atom is 0.238 e. The number of hydrogen-bond donors (Lipinski definition) is 0. The van der Waals surface area contributed by atoms with Gasteiger partial charge in [0, 0.05) is 43.4 Å². The third-order valence-corrected chi connectivity index (χ3v) is 12.2. The van der Waals surface area contributed by atoms with E-state index in [1.54, 1.807) is 0 Å². The maximum atomic E-state index is 6.94. The number of furan rings is 1. The quantitative estimate of drug-likeness (QED) is 0.175. The molecule has 0 spiro atoms. The van der Waals surface area contributed by atoms with Crippen molar-refractivity contribution in [1.29, 1.82) is 0 Å². The van der Waals surface area contributed by atoms with Crippen molar-refractivity contribution in [1.82, 2.24) is 24.1 Å². The Hall–Kier alpha value is -8.35. The van der Waals surface area contributed by atoms with Crippen LogP contribution in [-0.4, -0.2) is 24.1 Å². The summed E-state index contributed by atoms with van der Waals surface area (Å²) >= 11 is 0. The lowest BCUT2D eigenvalue weighted by Gasteiger charge is -2.15. The van der Waals surface area contributed by atoms with Crippen LogP contribution in [0.5, 0.6) is 0 Å². The second kappa shape index (κ2) is 13.1. The summed E-state index contributed by atoms with van der Waals surface area (Å²) in [5, 5.41) is 9.00. The normalized spacial score (nSPS) is 11.9. The Morgan fingerprint density at radius 3 is 1.59 bits per heavy atom. The van der Waals surface area contributed by atoms with Gasteiger partial charge in [0.2, 0.25) is 5.95 Å². The molecule has 284 valence electrons. The number of fused-ring (bicyclic) bond motifs is 11. The number of benzene rings is 9. The summed E-state index contributed by atoms with van der Waals surface area (Å²) in [7, 11) is 0. The molecule has 13 rings (SSSR count). The lowest BCUT2D eigenvalue weighted by Crippen LogP contribution is -2.07. The number of rotatable bonds is 5. The zero-order chi connectivity index (χ0) is 40.0. The van der Waals surface area contributed by atoms with Crippen molar-refractivity contribution in [2.75, 3.05) is 0 Å². The van der Waals surface area contributed by atoms with E-state index < -0.39 is 0 Å². The van der Waals surface area contributed by atoms with Gasteiger partial charge in [-0.3, -0.25) is 4.57 Å². The Bertz CT molecular complexity index is 3820. The summed E-state index contributed by atoms with van der Waals surface area (Å²) in [6.45, 7) is 0. The van der Waals surface area contributed by atoms with E-state index in [2.05, 4.69) is 167 Å². The molecule has 0 aliphatic carbocycles. The Kier molecular flexibility index (Phi) is 7.21. The van der Waals surface area contributed by atoms with Gasteiger partial charge in [-0.05, 0) is 52.2 Å². The second-order valence-corrected chi connectivity index (χ2v) is 15.6. The lowest BCUT2D eigenvalue weighted by atomic mass is 9.96. The van der Waals surface area contributed by atoms with Gasteiger partial charge in [0.05, 0.1) is 27.8 Å². The van der Waals surface area contributed by atoms with Gasteiger partial charge in [-0.25, -0.2) is 4.98 Å². The minimum atomic E-state index is 0.543. The average molecular weight is 780 g/mol. The van der Waals surface area contributed by atoms with Gasteiger partial charge < -0.3 is 8.98 Å². The van der Waals surface area contributed by atoms with E-state index in [9.17, 15) is 0 Å². The average Bonchev–Trinajstić information content (AvgIpc) is 3.99. The van der Waals surface area contributed by atoms with Gasteiger partial charge in [0.25, 0.3) is 0 Å². The monoisotopic (exact) mass is 779 g/mol. The molecule has 9 aromatic carbocycles. The topological polar surface area (TPSA) is 61.7 Å². The van der Waals surface area contributed by atoms with Crippen LogP contribution >= 0.6 is 0 Å². The van der Waals surface area contributed by atoms with Crippen LogP contribution in [0.2, 0.25) is 0 Å². The first-order valence-electron chi connectivity index (χ1n) is 20.5. The van der Waals surface area contributed by atoms with Gasteiger partial charge in [0.15, 0.2) is 17.2 Å². The molecule has 0 N–H and O–H groups in total. The van der Waals surface area contributed by atoms with Crippen LogP contribution in [0.1, 0.15) is 0 Å². The Balaban J connectivity index is 1.21. The minimum absolute atomic E-state index is 0.543. The van der Waals surface area contributed by atoms with Crippen LogP contribution in [0.3, 0.4) is 0 Å². The molecule has 0 fully saturated rings. The van der Waals surface area contributed by atoms with Gasteiger partial charge in [-0.1, -0.05) is 170 Å². The highest BCUT2D eigenvalue weighted by Crippen LogP contribution is 2.45. The minimum Gasteiger partial charge on any atom is -0.454 e. The zero-order valence-electron chi connectivity index (χ0n) is 32.7. The largest absolute Gasteiger partial charge is 0.454 e. The van der Waals surface area contributed by atoms with Crippen LogP contribution < -0.4 is 0 Å². The Labute approximate surface area is 349 Å². The van der Waals surface area contributed by atoms with Crippen molar-refractivity contribution in [2.45, 2.75) is 0 Å². The van der Waals surface area contributed by atoms with Gasteiger partial charge >= 0.3 is 0 Å². The van der Waals surface area contributed by atoms with Crippen molar-refractivity contribution in [3.8, 4) is 45.5 Å². The first kappa shape index (κ1) is 33.6. The first-order chi connectivity index (χ1) is 30.3. The molecule has 13 aromatic rings. The predicted octanol–water partition coefficient (Wildman–Crippen LogP) is 14.1. The highest BCUT2D eigenvalue weighted by atomic mass is 16.3. The summed E-state index contributed by atoms with van der Waals surface area (Å²) in [6.07, 6.45) is 0. The van der Waals surface area contributed by atoms with Crippen molar-refractivity contribution < 1.29 is 4.42 Å². The molecule has 0 saturated carbocycles. The fourth-order valence-electron chi connectivity index (χ4n) is 9.46. The fraction of sp³-hybridized carbons (Fsp3) is 0. The molecule has 6 heteroatoms. The lowest BCUT2D eigenvalue weighted by molar-refractivity contribution is 0.666. The summed E-state index contributed by atoms with van der Waals surface area (Å²) in [4.78, 5) is 15.7. The van der Waals surface area contributed by atoms with Crippen molar-refractivity contribution in [2.24, 2.45) is 0 Å². The standard InChI is InChI=1S/C55H33N5O/c1-3-17-35(18-4-1)53-56-54(36-19-5-2-6-20-36)58-55(57-53)60-47-28-13-10-24-41(47)44-31-30-43-40-23-9-12-27-46(40)59(50(43)51(44)60)48-33-37(39-26-15-21-34-16-7-8-22-38(34)39)32-45-42-25-11-14-29-49(42)61-52(45)48/h1-33H. The highest BCUT2D eigenvalue weighted by Gasteiger charge is 2.26. The van der Waals surface area contributed by atoms with E-state index >= 15 is 0 Å². The van der Waals surface area contributed by atoms with Crippen LogP contribution in [0.25, 0.3) is 122 Å². The SMILES string of the molecule is c1ccc(-c2nc(-c3ccccc3)nc(-n3c4ccccc4c4ccc5c6ccccc6n(-c6cc(-c7cccc8ccccc78)cc7c6oc6ccccc67)c5c43)n2)cc1. The molecule has 0 aliphatic heterocycles. The number of nitrogens with zero attached hydrogens (tertiary/aromatic N) is 5. The van der Waals surface area contributed by atoms with E-state index in [1.165, 1.54) is 16.3 Å². The Morgan fingerprint density at radius 2 is 0.902 bits per heavy atom. The first-order valence-corrected chi connectivity index (χ1v) is 20.5. The number of hydrogen-bond acceptors (Lipinski definition) is 4. The third-order valence-electron chi connectivity index (χ3n) is 12.2. The van der Waals surface area contributed by atoms with E-state index in [1.807, 2.05) is 42.5 Å². The molecule has 4 heterocycles. The van der Waals surface area contributed by atoms with Crippen LogP contribution in [0.4, 0.5) is 0 Å². The van der Waals surface area contributed by atoms with Crippen molar-refractivity contribution in [3.05, 3.63) is 200 Å². The summed E-state index contributed by atoms with van der Waals surface area (Å²) in [5.41, 5.74) is 10.9. The fourth-order valence-corrected chi connectivity index (χ4v) is 9.46. The molecular formula is C55H33N5O. The molecule has 0 bridgehead atoms. The number of para-hydroxylation sites is 3. The number of aromatic nitrogens is 5. The zero-order valence-corrected chi connectivity index (χ0v) is 32.7. The van der Waals surface area contributed by atoms with Crippen LogP contribution in [0, 0.1) is 0 Å². The molecule has 0 aliphatic rings. The highest BCUT2D eigenvalue weighted by molar-refractivity contribution is 6.24. The van der Waals surface area contributed by atoms with E-state index in [-0.39, 0.29) is 0 Å².